The van der Waals surface area contributed by atoms with Gasteiger partial charge in [0.05, 0.1) is 26.2 Å². The fourth-order valence-electron chi connectivity index (χ4n) is 2.81. The van der Waals surface area contributed by atoms with Crippen molar-refractivity contribution in [3.63, 3.8) is 0 Å². The van der Waals surface area contributed by atoms with E-state index in [9.17, 15) is 13.2 Å². The number of nitrogens with zero attached hydrogens (tertiary/aromatic N) is 2. The predicted molar refractivity (Wildman–Crippen MR) is 107 cm³/mol. The van der Waals surface area contributed by atoms with Gasteiger partial charge in [0.2, 0.25) is 15.9 Å². The van der Waals surface area contributed by atoms with Gasteiger partial charge < -0.3 is 4.90 Å². The van der Waals surface area contributed by atoms with Crippen molar-refractivity contribution in [2.45, 2.75) is 30.7 Å². The SMILES string of the molecule is CC(c1cccc(S(N)(=O)=O)c1)N(C)C(=O)CCc1nc2ccccc2s1. The van der Waals surface area contributed by atoms with Crippen LogP contribution in [0.4, 0.5) is 0 Å². The van der Waals surface area contributed by atoms with Gasteiger partial charge >= 0.3 is 0 Å². The van der Waals surface area contributed by atoms with Crippen LogP contribution >= 0.6 is 11.3 Å². The van der Waals surface area contributed by atoms with Crippen LogP contribution in [0.5, 0.6) is 0 Å². The zero-order valence-electron chi connectivity index (χ0n) is 15.1. The zero-order chi connectivity index (χ0) is 19.6. The maximum Gasteiger partial charge on any atom is 0.238 e. The van der Waals surface area contributed by atoms with E-state index in [1.54, 1.807) is 35.4 Å². The Hall–Kier alpha value is -2.29. The van der Waals surface area contributed by atoms with Crippen LogP contribution in [0.25, 0.3) is 10.2 Å². The minimum Gasteiger partial charge on any atom is -0.339 e. The molecule has 0 aliphatic heterocycles. The van der Waals surface area contributed by atoms with E-state index in [0.717, 1.165) is 20.8 Å². The van der Waals surface area contributed by atoms with E-state index < -0.39 is 10.0 Å². The molecule has 3 rings (SSSR count). The molecule has 0 aliphatic carbocycles. The minimum absolute atomic E-state index is 0.0252. The van der Waals surface area contributed by atoms with Crippen molar-refractivity contribution >= 4 is 37.5 Å². The Kier molecular flexibility index (Phi) is 5.59. The first kappa shape index (κ1) is 19.5. The lowest BCUT2D eigenvalue weighted by Crippen LogP contribution is -2.30. The molecule has 1 heterocycles. The Labute approximate surface area is 162 Å². The van der Waals surface area contributed by atoms with Gasteiger partial charge in [-0.25, -0.2) is 18.5 Å². The van der Waals surface area contributed by atoms with Crippen molar-refractivity contribution in [2.24, 2.45) is 5.14 Å². The van der Waals surface area contributed by atoms with E-state index in [0.29, 0.717) is 12.8 Å². The number of carbonyl (C=O) groups excluding carboxylic acids is 1. The highest BCUT2D eigenvalue weighted by atomic mass is 32.2. The molecule has 8 heteroatoms. The van der Waals surface area contributed by atoms with Crippen LogP contribution in [-0.4, -0.2) is 31.3 Å². The third-order valence-electron chi connectivity index (χ3n) is 4.53. The minimum atomic E-state index is -3.77. The Bertz CT molecular complexity index is 1040. The first-order valence-electron chi connectivity index (χ1n) is 8.48. The molecule has 0 aliphatic rings. The van der Waals surface area contributed by atoms with Crippen molar-refractivity contribution in [2.75, 3.05) is 7.05 Å². The van der Waals surface area contributed by atoms with Crippen molar-refractivity contribution in [1.29, 1.82) is 0 Å². The van der Waals surface area contributed by atoms with Gasteiger partial charge in [-0.2, -0.15) is 0 Å². The quantitative estimate of drug-likeness (QED) is 0.684. The van der Waals surface area contributed by atoms with Crippen LogP contribution in [0.15, 0.2) is 53.4 Å². The molecule has 0 saturated carbocycles. The van der Waals surface area contributed by atoms with Crippen LogP contribution in [0.1, 0.15) is 30.0 Å². The van der Waals surface area contributed by atoms with E-state index in [1.807, 2.05) is 31.2 Å². The Balaban J connectivity index is 1.67. The Morgan fingerprint density at radius 1 is 1.22 bits per heavy atom. The number of sulfonamides is 1. The monoisotopic (exact) mass is 403 g/mol. The molecule has 1 aromatic heterocycles. The van der Waals surface area contributed by atoms with Gasteiger partial charge in [0.25, 0.3) is 0 Å². The molecule has 3 aromatic rings. The van der Waals surface area contributed by atoms with E-state index in [4.69, 9.17) is 5.14 Å². The standard InChI is InChI=1S/C19H21N3O3S2/c1-13(14-6-5-7-15(12-14)27(20,24)25)22(2)19(23)11-10-18-21-16-8-3-4-9-17(16)26-18/h3-9,12-13H,10-11H2,1-2H3,(H2,20,24,25). The summed E-state index contributed by atoms with van der Waals surface area (Å²) in [4.78, 5) is 18.8. The number of benzene rings is 2. The molecule has 0 saturated heterocycles. The van der Waals surface area contributed by atoms with Crippen molar-refractivity contribution in [3.8, 4) is 0 Å². The number of hydrogen-bond donors (Lipinski definition) is 1. The van der Waals surface area contributed by atoms with Gasteiger partial charge in [0.1, 0.15) is 0 Å². The molecule has 2 aromatic carbocycles. The fourth-order valence-corrected chi connectivity index (χ4v) is 4.34. The highest BCUT2D eigenvalue weighted by molar-refractivity contribution is 7.89. The van der Waals surface area contributed by atoms with Crippen LogP contribution in [0.2, 0.25) is 0 Å². The van der Waals surface area contributed by atoms with Gasteiger partial charge in [0.15, 0.2) is 0 Å². The zero-order valence-corrected chi connectivity index (χ0v) is 16.8. The summed E-state index contributed by atoms with van der Waals surface area (Å²) in [7, 11) is -2.06. The smallest absolute Gasteiger partial charge is 0.238 e. The van der Waals surface area contributed by atoms with Gasteiger partial charge in [-0.3, -0.25) is 4.79 Å². The molecule has 1 atom stereocenters. The van der Waals surface area contributed by atoms with Gasteiger partial charge in [-0.1, -0.05) is 24.3 Å². The number of aromatic nitrogens is 1. The van der Waals surface area contributed by atoms with Crippen LogP contribution in [0.3, 0.4) is 0 Å². The van der Waals surface area contributed by atoms with E-state index in [1.165, 1.54) is 12.1 Å². The molecule has 1 amide bonds. The largest absolute Gasteiger partial charge is 0.339 e. The maximum atomic E-state index is 12.6. The lowest BCUT2D eigenvalue weighted by molar-refractivity contribution is -0.131. The highest BCUT2D eigenvalue weighted by Crippen LogP contribution is 2.24. The van der Waals surface area contributed by atoms with Crippen LogP contribution in [0, 0.1) is 0 Å². The summed E-state index contributed by atoms with van der Waals surface area (Å²) in [5.41, 5.74) is 1.67. The molecule has 0 spiro atoms. The molecular formula is C19H21N3O3S2. The second kappa shape index (κ2) is 7.75. The molecule has 6 nitrogen and oxygen atoms in total. The summed E-state index contributed by atoms with van der Waals surface area (Å²) < 4.78 is 24.2. The predicted octanol–water partition coefficient (Wildman–Crippen LogP) is 3.10. The number of aryl methyl sites for hydroxylation is 1. The third-order valence-corrected chi connectivity index (χ3v) is 6.54. The van der Waals surface area contributed by atoms with E-state index >= 15 is 0 Å². The summed E-state index contributed by atoms with van der Waals surface area (Å²) in [5.74, 6) is -0.0252. The number of nitrogens with two attached hydrogens (primary N) is 1. The van der Waals surface area contributed by atoms with Crippen molar-refractivity contribution in [1.82, 2.24) is 9.88 Å². The van der Waals surface area contributed by atoms with Crippen LogP contribution in [-0.2, 0) is 21.2 Å². The molecule has 2 N–H and O–H groups in total. The summed E-state index contributed by atoms with van der Waals surface area (Å²) >= 11 is 1.60. The van der Waals surface area contributed by atoms with Gasteiger partial charge in [-0.15, -0.1) is 11.3 Å². The molecule has 0 radical (unpaired) electrons. The maximum absolute atomic E-state index is 12.6. The first-order valence-corrected chi connectivity index (χ1v) is 10.8. The topological polar surface area (TPSA) is 93.4 Å². The number of fused-ring (bicyclic) bond motifs is 1. The fraction of sp³-hybridized carbons (Fsp3) is 0.263. The first-order chi connectivity index (χ1) is 12.8. The summed E-state index contributed by atoms with van der Waals surface area (Å²) in [6, 6.07) is 14.0. The summed E-state index contributed by atoms with van der Waals surface area (Å²) in [6.45, 7) is 1.86. The molecule has 1 unspecified atom stereocenters. The molecule has 0 bridgehead atoms. The second-order valence-corrected chi connectivity index (χ2v) is 9.05. The molecule has 0 fully saturated rings. The lowest BCUT2D eigenvalue weighted by Gasteiger charge is -2.25. The van der Waals surface area contributed by atoms with Gasteiger partial charge in [0, 0.05) is 19.9 Å². The third kappa shape index (κ3) is 4.52. The normalized spacial score (nSPS) is 12.9. The second-order valence-electron chi connectivity index (χ2n) is 6.37. The number of hydrogen-bond acceptors (Lipinski definition) is 5. The number of para-hydroxylation sites is 1. The molecular weight excluding hydrogens is 382 g/mol. The number of rotatable bonds is 6. The van der Waals surface area contributed by atoms with Crippen molar-refractivity contribution < 1.29 is 13.2 Å². The number of carbonyl (C=O) groups is 1. The molecule has 142 valence electrons. The van der Waals surface area contributed by atoms with E-state index in [2.05, 4.69) is 4.98 Å². The number of primary sulfonamides is 1. The average molecular weight is 404 g/mol. The summed E-state index contributed by atoms with van der Waals surface area (Å²) in [5, 5.41) is 6.12. The number of amides is 1. The average Bonchev–Trinajstić information content (AvgIpc) is 3.07. The molecule has 27 heavy (non-hydrogen) atoms. The lowest BCUT2D eigenvalue weighted by atomic mass is 10.1. The summed E-state index contributed by atoms with van der Waals surface area (Å²) in [6.07, 6.45) is 0.919. The van der Waals surface area contributed by atoms with Gasteiger partial charge in [-0.05, 0) is 36.8 Å². The van der Waals surface area contributed by atoms with Crippen molar-refractivity contribution in [3.05, 3.63) is 59.1 Å². The Morgan fingerprint density at radius 3 is 2.67 bits per heavy atom. The Morgan fingerprint density at radius 2 is 1.96 bits per heavy atom. The van der Waals surface area contributed by atoms with E-state index in [-0.39, 0.29) is 16.8 Å². The highest BCUT2D eigenvalue weighted by Gasteiger charge is 2.19. The number of thiazole rings is 1. The van der Waals surface area contributed by atoms with Crippen LogP contribution < -0.4 is 5.14 Å².